The molecule has 0 saturated heterocycles. The summed E-state index contributed by atoms with van der Waals surface area (Å²) in [7, 11) is 1.89. The first-order chi connectivity index (χ1) is 9.79. The van der Waals surface area contributed by atoms with Gasteiger partial charge in [0.1, 0.15) is 11.8 Å². The Morgan fingerprint density at radius 2 is 1.40 bits per heavy atom. The lowest BCUT2D eigenvalue weighted by atomic mass is 10.0. The van der Waals surface area contributed by atoms with Crippen molar-refractivity contribution in [1.29, 1.82) is 5.26 Å². The van der Waals surface area contributed by atoms with Crippen LogP contribution in [0.25, 0.3) is 22.3 Å². The highest BCUT2D eigenvalue weighted by atomic mass is 14.9. The summed E-state index contributed by atoms with van der Waals surface area (Å²) in [5, 5.41) is 9.21. The molecule has 1 heterocycles. The van der Waals surface area contributed by atoms with Gasteiger partial charge < -0.3 is 4.57 Å². The molecule has 0 unspecified atom stereocenters. The van der Waals surface area contributed by atoms with Crippen molar-refractivity contribution < 1.29 is 0 Å². The van der Waals surface area contributed by atoms with E-state index in [4.69, 9.17) is 0 Å². The SMILES string of the molecule is Cn1ccc(-c2ccc(-c3ccccc3)cc2)c1C#N. The van der Waals surface area contributed by atoms with Crippen LogP contribution in [-0.4, -0.2) is 4.57 Å². The molecular formula is C18H14N2. The zero-order valence-corrected chi connectivity index (χ0v) is 11.2. The fraction of sp³-hybridized carbons (Fsp3) is 0.0556. The molecule has 0 aliphatic rings. The molecule has 0 amide bonds. The van der Waals surface area contributed by atoms with E-state index in [0.717, 1.165) is 11.1 Å². The van der Waals surface area contributed by atoms with Crippen molar-refractivity contribution in [3.63, 3.8) is 0 Å². The highest BCUT2D eigenvalue weighted by molar-refractivity contribution is 5.73. The van der Waals surface area contributed by atoms with Crippen molar-refractivity contribution in [2.45, 2.75) is 0 Å². The van der Waals surface area contributed by atoms with Crippen LogP contribution in [0.4, 0.5) is 0 Å². The summed E-state index contributed by atoms with van der Waals surface area (Å²) in [6, 6.07) is 22.8. The second-order valence-electron chi connectivity index (χ2n) is 4.74. The van der Waals surface area contributed by atoms with Crippen LogP contribution in [0.5, 0.6) is 0 Å². The van der Waals surface area contributed by atoms with Crippen molar-refractivity contribution in [3.8, 4) is 28.3 Å². The highest BCUT2D eigenvalue weighted by Crippen LogP contribution is 2.27. The summed E-state index contributed by atoms with van der Waals surface area (Å²) in [6.07, 6.45) is 1.92. The molecule has 0 aliphatic heterocycles. The first kappa shape index (κ1) is 12.3. The van der Waals surface area contributed by atoms with Crippen LogP contribution in [0, 0.1) is 11.3 Å². The number of aryl methyl sites for hydroxylation is 1. The molecule has 0 saturated carbocycles. The maximum Gasteiger partial charge on any atom is 0.127 e. The topological polar surface area (TPSA) is 28.7 Å². The second-order valence-corrected chi connectivity index (χ2v) is 4.74. The van der Waals surface area contributed by atoms with Crippen molar-refractivity contribution in [2.24, 2.45) is 7.05 Å². The molecule has 20 heavy (non-hydrogen) atoms. The minimum Gasteiger partial charge on any atom is -0.342 e. The van der Waals surface area contributed by atoms with Crippen LogP contribution in [0.2, 0.25) is 0 Å². The molecular weight excluding hydrogens is 244 g/mol. The van der Waals surface area contributed by atoms with Crippen LogP contribution in [0.15, 0.2) is 66.9 Å². The fourth-order valence-electron chi connectivity index (χ4n) is 2.37. The third kappa shape index (κ3) is 2.10. The first-order valence-corrected chi connectivity index (χ1v) is 6.51. The van der Waals surface area contributed by atoms with Gasteiger partial charge in [-0.2, -0.15) is 5.26 Å². The van der Waals surface area contributed by atoms with Crippen LogP contribution >= 0.6 is 0 Å². The summed E-state index contributed by atoms with van der Waals surface area (Å²) in [5.41, 5.74) is 5.13. The predicted molar refractivity (Wildman–Crippen MR) is 81.0 cm³/mol. The van der Waals surface area contributed by atoms with E-state index in [2.05, 4.69) is 42.5 Å². The van der Waals surface area contributed by atoms with Gasteiger partial charge in [-0.15, -0.1) is 0 Å². The van der Waals surface area contributed by atoms with E-state index in [1.807, 2.05) is 42.1 Å². The predicted octanol–water partition coefficient (Wildman–Crippen LogP) is 4.23. The summed E-state index contributed by atoms with van der Waals surface area (Å²) in [4.78, 5) is 0. The highest BCUT2D eigenvalue weighted by Gasteiger charge is 2.08. The molecule has 0 bridgehead atoms. The molecule has 3 aromatic rings. The molecule has 0 N–H and O–H groups in total. The minimum atomic E-state index is 0.692. The van der Waals surface area contributed by atoms with Crippen molar-refractivity contribution in [1.82, 2.24) is 4.57 Å². The molecule has 3 rings (SSSR count). The Morgan fingerprint density at radius 3 is 2.05 bits per heavy atom. The minimum absolute atomic E-state index is 0.692. The lowest BCUT2D eigenvalue weighted by Gasteiger charge is -2.04. The summed E-state index contributed by atoms with van der Waals surface area (Å²) >= 11 is 0. The Labute approximate surface area is 118 Å². The number of nitriles is 1. The van der Waals surface area contributed by atoms with E-state index in [-0.39, 0.29) is 0 Å². The van der Waals surface area contributed by atoms with Gasteiger partial charge in [0, 0.05) is 18.8 Å². The van der Waals surface area contributed by atoms with E-state index in [9.17, 15) is 5.26 Å². The number of aromatic nitrogens is 1. The van der Waals surface area contributed by atoms with Gasteiger partial charge in [-0.05, 0) is 22.8 Å². The third-order valence-corrected chi connectivity index (χ3v) is 3.48. The van der Waals surface area contributed by atoms with Gasteiger partial charge in [0.2, 0.25) is 0 Å². The van der Waals surface area contributed by atoms with Gasteiger partial charge in [0.15, 0.2) is 0 Å². The monoisotopic (exact) mass is 258 g/mol. The Hall–Kier alpha value is -2.79. The average molecular weight is 258 g/mol. The molecule has 96 valence electrons. The Bertz CT molecular complexity index is 759. The number of hydrogen-bond acceptors (Lipinski definition) is 1. The molecule has 0 spiro atoms. The molecule has 0 aliphatic carbocycles. The Morgan fingerprint density at radius 1 is 0.800 bits per heavy atom. The summed E-state index contributed by atoms with van der Waals surface area (Å²) in [5.74, 6) is 0. The number of benzene rings is 2. The lowest BCUT2D eigenvalue weighted by Crippen LogP contribution is -1.90. The zero-order chi connectivity index (χ0) is 13.9. The lowest BCUT2D eigenvalue weighted by molar-refractivity contribution is 0.909. The molecule has 2 heteroatoms. The number of rotatable bonds is 2. The van der Waals surface area contributed by atoms with Gasteiger partial charge in [0.05, 0.1) is 0 Å². The van der Waals surface area contributed by atoms with Crippen LogP contribution in [-0.2, 0) is 7.05 Å². The maximum atomic E-state index is 9.21. The maximum absolute atomic E-state index is 9.21. The van der Waals surface area contributed by atoms with Crippen LogP contribution in [0.1, 0.15) is 5.69 Å². The molecule has 2 aromatic carbocycles. The summed E-state index contributed by atoms with van der Waals surface area (Å²) in [6.45, 7) is 0. The molecule has 2 nitrogen and oxygen atoms in total. The van der Waals surface area contributed by atoms with Gasteiger partial charge in [-0.3, -0.25) is 0 Å². The Balaban J connectivity index is 2.00. The molecule has 0 atom stereocenters. The Kier molecular flexibility index (Phi) is 3.10. The van der Waals surface area contributed by atoms with Gasteiger partial charge in [0.25, 0.3) is 0 Å². The third-order valence-electron chi connectivity index (χ3n) is 3.48. The van der Waals surface area contributed by atoms with Gasteiger partial charge in [-0.1, -0.05) is 54.6 Å². The largest absolute Gasteiger partial charge is 0.342 e. The van der Waals surface area contributed by atoms with E-state index < -0.39 is 0 Å². The van der Waals surface area contributed by atoms with Crippen molar-refractivity contribution >= 4 is 0 Å². The van der Waals surface area contributed by atoms with E-state index in [1.54, 1.807) is 0 Å². The zero-order valence-electron chi connectivity index (χ0n) is 11.2. The average Bonchev–Trinajstić information content (AvgIpc) is 2.89. The number of hydrogen-bond donors (Lipinski definition) is 0. The first-order valence-electron chi connectivity index (χ1n) is 6.51. The molecule has 0 fully saturated rings. The normalized spacial score (nSPS) is 10.2. The second kappa shape index (κ2) is 5.07. The smallest absolute Gasteiger partial charge is 0.127 e. The molecule has 1 aromatic heterocycles. The number of nitrogens with zero attached hydrogens (tertiary/aromatic N) is 2. The fourth-order valence-corrected chi connectivity index (χ4v) is 2.37. The van der Waals surface area contributed by atoms with Gasteiger partial charge in [-0.25, -0.2) is 0 Å². The van der Waals surface area contributed by atoms with Crippen LogP contribution < -0.4 is 0 Å². The van der Waals surface area contributed by atoms with Gasteiger partial charge >= 0.3 is 0 Å². The van der Waals surface area contributed by atoms with Crippen molar-refractivity contribution in [3.05, 3.63) is 72.6 Å². The van der Waals surface area contributed by atoms with Crippen LogP contribution in [0.3, 0.4) is 0 Å². The summed E-state index contributed by atoms with van der Waals surface area (Å²) < 4.78 is 1.85. The van der Waals surface area contributed by atoms with Crippen molar-refractivity contribution in [2.75, 3.05) is 0 Å². The van der Waals surface area contributed by atoms with E-state index >= 15 is 0 Å². The standard InChI is InChI=1S/C18H14N2/c1-20-12-11-17(18(20)13-19)16-9-7-15(8-10-16)14-5-3-2-4-6-14/h2-12H,1H3. The molecule has 0 radical (unpaired) electrons. The van der Waals surface area contributed by atoms with E-state index in [0.29, 0.717) is 5.69 Å². The van der Waals surface area contributed by atoms with E-state index in [1.165, 1.54) is 11.1 Å². The quantitative estimate of drug-likeness (QED) is 0.676.